The first-order valence-corrected chi connectivity index (χ1v) is 6.99. The molecule has 1 saturated heterocycles. The van der Waals surface area contributed by atoms with Crippen molar-refractivity contribution in [1.82, 2.24) is 4.98 Å². The van der Waals surface area contributed by atoms with Crippen molar-refractivity contribution >= 4 is 28.5 Å². The van der Waals surface area contributed by atoms with Gasteiger partial charge in [0.25, 0.3) is 5.91 Å². The molecule has 0 spiro atoms. The van der Waals surface area contributed by atoms with Gasteiger partial charge >= 0.3 is 5.97 Å². The summed E-state index contributed by atoms with van der Waals surface area (Å²) >= 11 is 0. The van der Waals surface area contributed by atoms with Crippen LogP contribution in [0.15, 0.2) is 35.1 Å². The Morgan fingerprint density at radius 1 is 1.35 bits per heavy atom. The number of amides is 1. The van der Waals surface area contributed by atoms with E-state index in [1.165, 1.54) is 11.0 Å². The molecular formula is C15H14N2O6. The van der Waals surface area contributed by atoms with Crippen molar-refractivity contribution in [2.24, 2.45) is 0 Å². The van der Waals surface area contributed by atoms with Gasteiger partial charge in [0.05, 0.1) is 13.0 Å². The number of morpholine rings is 1. The Bertz CT molecular complexity index is 815. The average Bonchev–Trinajstić information content (AvgIpc) is 2.56. The van der Waals surface area contributed by atoms with Gasteiger partial charge in [0.1, 0.15) is 6.10 Å². The van der Waals surface area contributed by atoms with Crippen LogP contribution in [0.25, 0.3) is 10.9 Å². The van der Waals surface area contributed by atoms with Crippen LogP contribution in [-0.4, -0.2) is 41.4 Å². The van der Waals surface area contributed by atoms with Crippen molar-refractivity contribution < 1.29 is 24.5 Å². The number of carbonyl (C=O) groups is 2. The lowest BCUT2D eigenvalue weighted by atomic mass is 10.1. The number of benzene rings is 1. The van der Waals surface area contributed by atoms with Gasteiger partial charge in [0.2, 0.25) is 5.56 Å². The van der Waals surface area contributed by atoms with E-state index in [0.717, 1.165) is 5.39 Å². The molecule has 120 valence electrons. The number of nitrogens with one attached hydrogen (secondary N) is 1. The fraction of sp³-hybridized carbons (Fsp3) is 0.267. The molecule has 1 aliphatic rings. The number of aromatic amines is 1. The maximum absolute atomic E-state index is 12.4. The van der Waals surface area contributed by atoms with Crippen LogP contribution in [0.3, 0.4) is 0 Å². The van der Waals surface area contributed by atoms with Gasteiger partial charge in [-0.1, -0.05) is 0 Å². The molecule has 8 heteroatoms. The van der Waals surface area contributed by atoms with Crippen LogP contribution >= 0.6 is 0 Å². The Hall–Kier alpha value is -2.71. The van der Waals surface area contributed by atoms with Crippen LogP contribution in [0.4, 0.5) is 5.69 Å². The first kappa shape index (κ1) is 15.2. The van der Waals surface area contributed by atoms with Crippen molar-refractivity contribution in [2.75, 3.05) is 18.1 Å². The first-order valence-electron chi connectivity index (χ1n) is 6.99. The van der Waals surface area contributed by atoms with Gasteiger partial charge in [-0.3, -0.25) is 9.59 Å². The van der Waals surface area contributed by atoms with Crippen molar-refractivity contribution in [3.8, 4) is 0 Å². The molecule has 1 atom stereocenters. The molecule has 1 aromatic carbocycles. The van der Waals surface area contributed by atoms with Crippen molar-refractivity contribution in [3.63, 3.8) is 0 Å². The number of nitrogens with zero attached hydrogens (tertiary/aromatic N) is 1. The van der Waals surface area contributed by atoms with Gasteiger partial charge < -0.3 is 19.5 Å². The second-order valence-electron chi connectivity index (χ2n) is 5.11. The largest absolute Gasteiger partial charge is 0.366 e. The predicted octanol–water partition coefficient (Wildman–Crippen LogP) is 0.666. The maximum Gasteiger partial charge on any atom is 0.345 e. The van der Waals surface area contributed by atoms with Crippen LogP contribution in [0.5, 0.6) is 0 Å². The van der Waals surface area contributed by atoms with Crippen LogP contribution in [0.2, 0.25) is 0 Å². The summed E-state index contributed by atoms with van der Waals surface area (Å²) in [6.45, 7) is 0.608. The van der Waals surface area contributed by atoms with E-state index in [1.807, 2.05) is 0 Å². The smallest absolute Gasteiger partial charge is 0.345 e. The lowest BCUT2D eigenvalue weighted by molar-refractivity contribution is -0.236. The van der Waals surface area contributed by atoms with E-state index in [4.69, 9.17) is 9.99 Å². The minimum absolute atomic E-state index is 0.199. The van der Waals surface area contributed by atoms with Crippen LogP contribution in [0.1, 0.15) is 6.42 Å². The lowest BCUT2D eigenvalue weighted by Gasteiger charge is -2.32. The molecule has 2 N–H and O–H groups in total. The number of hydrogen-bond acceptors (Lipinski definition) is 6. The van der Waals surface area contributed by atoms with Gasteiger partial charge in [-0.15, -0.1) is 0 Å². The van der Waals surface area contributed by atoms with Gasteiger partial charge in [-0.2, -0.15) is 5.26 Å². The Balaban J connectivity index is 1.88. The molecule has 3 rings (SSSR count). The highest BCUT2D eigenvalue weighted by Crippen LogP contribution is 2.23. The number of rotatable bonds is 3. The van der Waals surface area contributed by atoms with Gasteiger partial charge in [-0.25, -0.2) is 4.79 Å². The predicted molar refractivity (Wildman–Crippen MR) is 80.0 cm³/mol. The highest BCUT2D eigenvalue weighted by atomic mass is 17.1. The number of hydrogen-bond donors (Lipinski definition) is 2. The first-order chi connectivity index (χ1) is 11.1. The number of anilines is 1. The third kappa shape index (κ3) is 3.08. The van der Waals surface area contributed by atoms with E-state index in [1.54, 1.807) is 24.3 Å². The van der Waals surface area contributed by atoms with E-state index >= 15 is 0 Å². The van der Waals surface area contributed by atoms with Crippen molar-refractivity contribution in [2.45, 2.75) is 12.5 Å². The normalized spacial score (nSPS) is 18.2. The fourth-order valence-electron chi connectivity index (χ4n) is 2.54. The Morgan fingerprint density at radius 2 is 2.17 bits per heavy atom. The van der Waals surface area contributed by atoms with Crippen molar-refractivity contribution in [3.05, 3.63) is 40.7 Å². The zero-order chi connectivity index (χ0) is 16.4. The number of fused-ring (bicyclic) bond motifs is 1. The summed E-state index contributed by atoms with van der Waals surface area (Å²) in [4.78, 5) is 42.6. The summed E-state index contributed by atoms with van der Waals surface area (Å²) in [5.74, 6) is -1.31. The number of H-pyrrole nitrogens is 1. The molecular weight excluding hydrogens is 304 g/mol. The molecule has 1 amide bonds. The molecule has 23 heavy (non-hydrogen) atoms. The summed E-state index contributed by atoms with van der Waals surface area (Å²) < 4.78 is 5.27. The van der Waals surface area contributed by atoms with Gasteiger partial charge in [0, 0.05) is 29.2 Å². The second-order valence-corrected chi connectivity index (χ2v) is 5.11. The summed E-state index contributed by atoms with van der Waals surface area (Å²) in [5.41, 5.74) is 1.11. The van der Waals surface area contributed by atoms with Crippen LogP contribution in [0, 0.1) is 0 Å². The maximum atomic E-state index is 12.4. The number of ether oxygens (including phenoxy) is 1. The molecule has 2 heterocycles. The van der Waals surface area contributed by atoms with Crippen LogP contribution < -0.4 is 10.5 Å². The molecule has 8 nitrogen and oxygen atoms in total. The average molecular weight is 318 g/mol. The lowest BCUT2D eigenvalue weighted by Crippen LogP contribution is -2.48. The monoisotopic (exact) mass is 318 g/mol. The number of aromatic nitrogens is 1. The highest BCUT2D eigenvalue weighted by molar-refractivity contribution is 6.00. The minimum atomic E-state index is -0.991. The second kappa shape index (κ2) is 6.19. The van der Waals surface area contributed by atoms with Crippen LogP contribution in [-0.2, 0) is 19.2 Å². The molecule has 2 aromatic rings. The SMILES string of the molecule is O=C(C[C@H]1OCCN(c2ccc3[nH]c(=O)ccc3c2)C1=O)OO. The third-order valence-corrected chi connectivity index (χ3v) is 3.65. The molecule has 0 saturated carbocycles. The van der Waals surface area contributed by atoms with Gasteiger partial charge in [0.15, 0.2) is 0 Å². The van der Waals surface area contributed by atoms with E-state index in [9.17, 15) is 14.4 Å². The van der Waals surface area contributed by atoms with E-state index in [0.29, 0.717) is 17.7 Å². The molecule has 0 radical (unpaired) electrons. The standard InChI is InChI=1S/C15H14N2O6/c18-13-4-1-9-7-10(2-3-11(9)16-13)17-5-6-22-12(15(17)20)8-14(19)23-21/h1-4,7,12,21H,5-6,8H2,(H,16,18)/t12-/m1/s1. The Kier molecular flexibility index (Phi) is 4.09. The fourth-order valence-corrected chi connectivity index (χ4v) is 2.54. The summed E-state index contributed by atoms with van der Waals surface area (Å²) in [7, 11) is 0. The highest BCUT2D eigenvalue weighted by Gasteiger charge is 2.33. The molecule has 1 aliphatic heterocycles. The summed E-state index contributed by atoms with van der Waals surface area (Å²) in [6.07, 6.45) is -1.35. The molecule has 0 bridgehead atoms. The third-order valence-electron chi connectivity index (χ3n) is 3.65. The molecule has 1 fully saturated rings. The molecule has 0 unspecified atom stereocenters. The minimum Gasteiger partial charge on any atom is -0.366 e. The van der Waals surface area contributed by atoms with E-state index in [-0.39, 0.29) is 24.5 Å². The Labute approximate surface area is 130 Å². The zero-order valence-electron chi connectivity index (χ0n) is 12.0. The van der Waals surface area contributed by atoms with Gasteiger partial charge in [-0.05, 0) is 24.3 Å². The van der Waals surface area contributed by atoms with Crippen molar-refractivity contribution in [1.29, 1.82) is 0 Å². The Morgan fingerprint density at radius 3 is 2.96 bits per heavy atom. The van der Waals surface area contributed by atoms with E-state index < -0.39 is 12.1 Å². The summed E-state index contributed by atoms with van der Waals surface area (Å²) in [5, 5.41) is 9.10. The van der Waals surface area contributed by atoms with E-state index in [2.05, 4.69) is 9.87 Å². The topological polar surface area (TPSA) is 109 Å². The number of pyridine rings is 1. The summed E-state index contributed by atoms with van der Waals surface area (Å²) in [6, 6.07) is 8.28. The molecule has 0 aliphatic carbocycles. The quantitative estimate of drug-likeness (QED) is 0.636. The number of carbonyl (C=O) groups excluding carboxylic acids is 2. The zero-order valence-corrected chi connectivity index (χ0v) is 12.0. The molecule has 1 aromatic heterocycles.